The number of thioether (sulfide) groups is 1. The van der Waals surface area contributed by atoms with Crippen molar-refractivity contribution in [3.63, 3.8) is 0 Å². The molecule has 0 aliphatic heterocycles. The van der Waals surface area contributed by atoms with Gasteiger partial charge in [-0.25, -0.2) is 0 Å². The summed E-state index contributed by atoms with van der Waals surface area (Å²) in [6.07, 6.45) is 20.1. The first kappa shape index (κ1) is 22.8. The zero-order chi connectivity index (χ0) is 18.3. The fourth-order valence-corrected chi connectivity index (χ4v) is 2.93. The standard InChI is InChI=1S/C19H38O2S.CH4/c1-3-4-5-6-7-8-9-10-11-12-13-14-15-17-21-19(20)16-18-22-2;/h3-18H2,1-2H3;1H4/i;1D. The predicted octanol–water partition coefficient (Wildman–Crippen LogP) is 7.01. The van der Waals surface area contributed by atoms with Gasteiger partial charge in [0.05, 0.1) is 13.0 Å². The number of hydrogen-bond donors (Lipinski definition) is 0. The van der Waals surface area contributed by atoms with E-state index in [2.05, 4.69) is 6.92 Å². The summed E-state index contributed by atoms with van der Waals surface area (Å²) in [5, 5.41) is 0. The van der Waals surface area contributed by atoms with Gasteiger partial charge in [0.25, 0.3) is 0 Å². The van der Waals surface area contributed by atoms with Crippen molar-refractivity contribution in [2.75, 3.05) is 18.6 Å². The van der Waals surface area contributed by atoms with Gasteiger partial charge in [-0.1, -0.05) is 91.4 Å². The molecule has 0 spiro atoms. The van der Waals surface area contributed by atoms with Crippen molar-refractivity contribution in [1.82, 2.24) is 0 Å². The molecule has 0 saturated carbocycles. The first-order valence-electron chi connectivity index (χ1n) is 10.5. The van der Waals surface area contributed by atoms with Crippen molar-refractivity contribution in [3.8, 4) is 0 Å². The summed E-state index contributed by atoms with van der Waals surface area (Å²) >= 11 is 1.69. The van der Waals surface area contributed by atoms with Crippen molar-refractivity contribution in [1.29, 1.82) is 0 Å². The lowest BCUT2D eigenvalue weighted by Crippen LogP contribution is -2.06. The molecule has 0 aromatic carbocycles. The molecular weight excluding hydrogens is 304 g/mol. The minimum absolute atomic E-state index is 0.0340. The van der Waals surface area contributed by atoms with E-state index in [1.165, 1.54) is 84.5 Å². The molecule has 0 radical (unpaired) electrons. The third-order valence-corrected chi connectivity index (χ3v) is 4.63. The molecule has 0 unspecified atom stereocenters. The van der Waals surface area contributed by atoms with Crippen molar-refractivity contribution in [3.05, 3.63) is 0 Å². The molecule has 140 valence electrons. The zero-order valence-corrected chi connectivity index (χ0v) is 16.9. The molecule has 0 aliphatic rings. The minimum Gasteiger partial charge on any atom is -0.466 e. The number of hydrogen-bond acceptors (Lipinski definition) is 3. The Morgan fingerprint density at radius 1 is 0.870 bits per heavy atom. The van der Waals surface area contributed by atoms with Crippen molar-refractivity contribution < 1.29 is 10.9 Å². The normalized spacial score (nSPS) is 10.7. The molecule has 0 fully saturated rings. The smallest absolute Gasteiger partial charge is 0.306 e. The molecule has 0 heterocycles. The fourth-order valence-electron chi connectivity index (χ4n) is 2.56. The highest BCUT2D eigenvalue weighted by molar-refractivity contribution is 7.98. The fraction of sp³-hybridized carbons (Fsp3) is 0.950. The van der Waals surface area contributed by atoms with Crippen LogP contribution in [0.1, 0.15) is 106 Å². The summed E-state index contributed by atoms with van der Waals surface area (Å²) < 4.78 is 10.9. The van der Waals surface area contributed by atoms with Gasteiger partial charge in [-0.3, -0.25) is 4.79 Å². The highest BCUT2D eigenvalue weighted by atomic mass is 32.2. The van der Waals surface area contributed by atoms with Crippen LogP contribution in [0.5, 0.6) is 0 Å². The first-order chi connectivity index (χ1) is 11.8. The van der Waals surface area contributed by atoms with Crippen molar-refractivity contribution in [2.45, 2.75) is 104 Å². The number of unbranched alkanes of at least 4 members (excludes halogenated alkanes) is 12. The first-order valence-corrected chi connectivity index (χ1v) is 10.8. The Morgan fingerprint density at radius 2 is 1.30 bits per heavy atom. The van der Waals surface area contributed by atoms with Crippen LogP contribution in [0, 0.1) is 0 Å². The van der Waals surface area contributed by atoms with E-state index in [0.717, 1.165) is 12.2 Å². The van der Waals surface area contributed by atoms with Gasteiger partial charge < -0.3 is 4.74 Å². The van der Waals surface area contributed by atoms with E-state index >= 15 is 0 Å². The quantitative estimate of drug-likeness (QED) is 0.209. The number of ether oxygens (including phenoxy) is 1. The third-order valence-electron chi connectivity index (χ3n) is 4.02. The summed E-state index contributed by atoms with van der Waals surface area (Å²) in [4.78, 5) is 11.3. The van der Waals surface area contributed by atoms with E-state index in [4.69, 9.17) is 6.11 Å². The Labute approximate surface area is 151 Å². The molecule has 0 atom stereocenters. The van der Waals surface area contributed by atoms with E-state index in [1.807, 2.05) is 6.26 Å². The van der Waals surface area contributed by atoms with Crippen LogP contribution >= 0.6 is 11.8 Å². The van der Waals surface area contributed by atoms with E-state index in [9.17, 15) is 4.79 Å². The summed E-state index contributed by atoms with van der Waals surface area (Å²) in [7, 11) is 1.25. The molecule has 23 heavy (non-hydrogen) atoms. The minimum atomic E-state index is -0.0340. The lowest BCUT2D eigenvalue weighted by atomic mass is 10.0. The van der Waals surface area contributed by atoms with Crippen LogP contribution in [0.2, 0.25) is 0 Å². The third kappa shape index (κ3) is 21.8. The van der Waals surface area contributed by atoms with E-state index in [1.54, 1.807) is 11.8 Å². The molecule has 0 bridgehead atoms. The maximum atomic E-state index is 11.3. The lowest BCUT2D eigenvalue weighted by molar-refractivity contribution is -0.143. The average molecular weight is 348 g/mol. The average Bonchev–Trinajstić information content (AvgIpc) is 2.62. The maximum absolute atomic E-state index is 11.3. The van der Waals surface area contributed by atoms with Gasteiger partial charge in [0, 0.05) is 7.12 Å². The topological polar surface area (TPSA) is 26.3 Å². The van der Waals surface area contributed by atoms with Gasteiger partial charge >= 0.3 is 5.97 Å². The number of carbonyl (C=O) groups excluding carboxylic acids is 1. The van der Waals surface area contributed by atoms with Crippen LogP contribution in [-0.4, -0.2) is 24.6 Å². The summed E-state index contributed by atoms with van der Waals surface area (Å²) in [5.74, 6) is 0.838. The van der Waals surface area contributed by atoms with Crippen LogP contribution in [0.4, 0.5) is 0 Å². The molecule has 0 saturated heterocycles. The SMILES string of the molecule is CCCCCCCCCCCCCCCOC(=O)CCSC.[2H]C. The molecular formula is C20H42O2S. The molecule has 0 N–H and O–H groups in total. The van der Waals surface area contributed by atoms with E-state index in [0.29, 0.717) is 13.0 Å². The molecule has 0 aromatic rings. The predicted molar refractivity (Wildman–Crippen MR) is 106 cm³/mol. The van der Waals surface area contributed by atoms with Crippen LogP contribution < -0.4 is 0 Å². The monoisotopic (exact) mass is 347 g/mol. The molecule has 0 amide bonds. The highest BCUT2D eigenvalue weighted by Gasteiger charge is 2.01. The highest BCUT2D eigenvalue weighted by Crippen LogP contribution is 2.12. The number of rotatable bonds is 17. The largest absolute Gasteiger partial charge is 0.466 e. The van der Waals surface area contributed by atoms with Gasteiger partial charge in [0.1, 0.15) is 0 Å². The molecule has 0 aliphatic carbocycles. The van der Waals surface area contributed by atoms with E-state index < -0.39 is 0 Å². The number of carbonyl (C=O) groups is 1. The van der Waals surface area contributed by atoms with Crippen LogP contribution in [0.15, 0.2) is 0 Å². The second-order valence-electron chi connectivity index (χ2n) is 6.21. The van der Waals surface area contributed by atoms with Gasteiger partial charge in [-0.05, 0) is 12.7 Å². The van der Waals surface area contributed by atoms with E-state index in [-0.39, 0.29) is 5.97 Å². The summed E-state index contributed by atoms with van der Waals surface area (Å²) in [6, 6.07) is 0. The second kappa shape index (κ2) is 21.8. The maximum Gasteiger partial charge on any atom is 0.306 e. The Morgan fingerprint density at radius 3 is 1.74 bits per heavy atom. The molecule has 3 heteroatoms. The Balaban J connectivity index is 0. The molecule has 0 aromatic heterocycles. The Hall–Kier alpha value is -0.180. The molecule has 2 nitrogen and oxygen atoms in total. The van der Waals surface area contributed by atoms with Crippen LogP contribution in [0.3, 0.4) is 0 Å². The number of esters is 1. The van der Waals surface area contributed by atoms with Crippen molar-refractivity contribution in [2.24, 2.45) is 0 Å². The molecule has 0 rings (SSSR count). The van der Waals surface area contributed by atoms with Crippen LogP contribution in [-0.2, 0) is 9.53 Å². The summed E-state index contributed by atoms with van der Waals surface area (Å²) in [6.45, 7) is 2.89. The van der Waals surface area contributed by atoms with Crippen molar-refractivity contribution >= 4 is 17.7 Å². The van der Waals surface area contributed by atoms with Gasteiger partial charge in [0.2, 0.25) is 0 Å². The second-order valence-corrected chi connectivity index (χ2v) is 7.19. The van der Waals surface area contributed by atoms with Gasteiger partial charge in [-0.2, -0.15) is 11.8 Å². The Kier molecular flexibility index (Phi) is 21.6. The van der Waals surface area contributed by atoms with Gasteiger partial charge in [-0.15, -0.1) is 0 Å². The Bertz CT molecular complexity index is 238. The lowest BCUT2D eigenvalue weighted by Gasteiger charge is -2.05. The van der Waals surface area contributed by atoms with Crippen LogP contribution in [0.25, 0.3) is 0 Å². The zero-order valence-electron chi connectivity index (χ0n) is 17.0. The van der Waals surface area contributed by atoms with Gasteiger partial charge in [0.15, 0.2) is 0 Å². The summed E-state index contributed by atoms with van der Waals surface area (Å²) in [5.41, 5.74) is 0.